The summed E-state index contributed by atoms with van der Waals surface area (Å²) in [6.45, 7) is 14.8. The van der Waals surface area contributed by atoms with E-state index in [2.05, 4.69) is 59.8 Å². The number of aliphatic hydroxyl groups excluding tert-OH is 1. The number of carbonyl (C=O) groups excluding carboxylic acids is 1. The molecule has 48 heavy (non-hydrogen) atoms. The van der Waals surface area contributed by atoms with Crippen LogP contribution in [0.1, 0.15) is 183 Å². The molecule has 3 saturated carbocycles. The normalized spacial score (nSPS) is 33.0. The zero-order valence-corrected chi connectivity index (χ0v) is 32.3. The van der Waals surface area contributed by atoms with Crippen molar-refractivity contribution < 1.29 is 14.6 Å². The van der Waals surface area contributed by atoms with E-state index in [4.69, 9.17) is 4.74 Å². The Morgan fingerprint density at radius 1 is 0.896 bits per heavy atom. The van der Waals surface area contributed by atoms with Crippen LogP contribution in [0.2, 0.25) is 0 Å². The largest absolute Gasteiger partial charge is 0.462 e. The smallest absolute Gasteiger partial charge is 0.306 e. The molecule has 0 bridgehead atoms. The molecule has 0 aliphatic heterocycles. The van der Waals surface area contributed by atoms with Gasteiger partial charge in [0.15, 0.2) is 0 Å². The SMILES string of the molecule is CCCCC/C=C/C=C\[C@@H](O)CCCCCCCC(=O)O[C@H]1CC[C@@]2(C)C(=CC[C@H]3[C@@H]4CC[C@H]([C@H](C)CCCC(C)C)[C@@]4(C)CC[C@@H]32)C1. The lowest BCUT2D eigenvalue weighted by atomic mass is 9.47. The van der Waals surface area contributed by atoms with Gasteiger partial charge in [-0.15, -0.1) is 0 Å². The van der Waals surface area contributed by atoms with E-state index in [9.17, 15) is 9.90 Å². The monoisotopic (exact) mass is 665 g/mol. The highest BCUT2D eigenvalue weighted by molar-refractivity contribution is 5.69. The summed E-state index contributed by atoms with van der Waals surface area (Å²) in [6, 6.07) is 0. The Labute approximate surface area is 297 Å². The molecule has 0 aromatic rings. The lowest BCUT2D eigenvalue weighted by Crippen LogP contribution is -2.51. The second-order valence-electron chi connectivity index (χ2n) is 17.8. The van der Waals surface area contributed by atoms with Gasteiger partial charge in [-0.3, -0.25) is 4.79 Å². The fourth-order valence-electron chi connectivity index (χ4n) is 11.1. The number of esters is 1. The molecule has 274 valence electrons. The number of allylic oxidation sites excluding steroid dienone is 4. The number of carbonyl (C=O) groups is 1. The fraction of sp³-hybridized carbons (Fsp3) is 0.844. The highest BCUT2D eigenvalue weighted by atomic mass is 16.5. The van der Waals surface area contributed by atoms with E-state index >= 15 is 0 Å². The molecule has 0 heterocycles. The summed E-state index contributed by atoms with van der Waals surface area (Å²) in [5.74, 6) is 5.18. The third-order valence-electron chi connectivity index (χ3n) is 14.0. The molecule has 4 rings (SSSR count). The maximum Gasteiger partial charge on any atom is 0.306 e. The lowest BCUT2D eigenvalue weighted by molar-refractivity contribution is -0.151. The van der Waals surface area contributed by atoms with Crippen LogP contribution in [0.5, 0.6) is 0 Å². The predicted molar refractivity (Wildman–Crippen MR) is 204 cm³/mol. The van der Waals surface area contributed by atoms with Crippen LogP contribution in [0.15, 0.2) is 36.0 Å². The topological polar surface area (TPSA) is 46.5 Å². The Morgan fingerprint density at radius 3 is 2.48 bits per heavy atom. The van der Waals surface area contributed by atoms with Crippen LogP contribution in [-0.2, 0) is 9.53 Å². The lowest BCUT2D eigenvalue weighted by Gasteiger charge is -2.58. The standard InChI is InChI=1S/C45H76O3/c1-7-8-9-10-11-13-16-22-37(46)23-17-14-12-15-18-24-43(47)48-38-29-31-44(5)36(33-38)25-26-39-41-28-27-40(35(4)21-19-20-34(2)3)45(41,6)32-30-42(39)44/h11,13,16,22,25,34-35,37-42,46H,7-10,12,14-15,17-21,23-24,26-33H2,1-6H3/b13-11+,22-16-/t35-,37-,38+,39+,40-,41+,42+,44+,45-/m1/s1. The Kier molecular flexibility index (Phi) is 15.9. The summed E-state index contributed by atoms with van der Waals surface area (Å²) in [5, 5.41) is 10.2. The van der Waals surface area contributed by atoms with Gasteiger partial charge in [0, 0.05) is 12.8 Å². The number of rotatable bonds is 20. The first-order chi connectivity index (χ1) is 23.1. The first-order valence-electron chi connectivity index (χ1n) is 21.0. The predicted octanol–water partition coefficient (Wildman–Crippen LogP) is 12.7. The molecular formula is C45H76O3. The second kappa shape index (κ2) is 19.3. The van der Waals surface area contributed by atoms with Crippen molar-refractivity contribution in [3.8, 4) is 0 Å². The number of ether oxygens (including phenoxy) is 1. The molecule has 0 amide bonds. The van der Waals surface area contributed by atoms with Gasteiger partial charge in [-0.05, 0) is 117 Å². The molecule has 9 atom stereocenters. The molecule has 0 aromatic heterocycles. The molecule has 0 aromatic carbocycles. The van der Waals surface area contributed by atoms with E-state index < -0.39 is 0 Å². The van der Waals surface area contributed by atoms with Crippen LogP contribution in [0.25, 0.3) is 0 Å². The van der Waals surface area contributed by atoms with Crippen molar-refractivity contribution in [3.63, 3.8) is 0 Å². The third-order valence-corrected chi connectivity index (χ3v) is 14.0. The van der Waals surface area contributed by atoms with Gasteiger partial charge in [0.25, 0.3) is 0 Å². The molecular weight excluding hydrogens is 588 g/mol. The Bertz CT molecular complexity index is 1050. The fourth-order valence-corrected chi connectivity index (χ4v) is 11.1. The van der Waals surface area contributed by atoms with Crippen molar-refractivity contribution in [2.45, 2.75) is 195 Å². The van der Waals surface area contributed by atoms with Gasteiger partial charge in [0.2, 0.25) is 0 Å². The van der Waals surface area contributed by atoms with Gasteiger partial charge < -0.3 is 9.84 Å². The highest BCUT2D eigenvalue weighted by Gasteiger charge is 2.59. The van der Waals surface area contributed by atoms with Crippen molar-refractivity contribution in [3.05, 3.63) is 36.0 Å². The first-order valence-corrected chi connectivity index (χ1v) is 21.0. The number of hydrogen-bond acceptors (Lipinski definition) is 3. The average molecular weight is 665 g/mol. The van der Waals surface area contributed by atoms with E-state index in [-0.39, 0.29) is 18.2 Å². The number of unbranched alkanes of at least 4 members (excludes halogenated alkanes) is 7. The van der Waals surface area contributed by atoms with Crippen LogP contribution < -0.4 is 0 Å². The van der Waals surface area contributed by atoms with Crippen molar-refractivity contribution in [2.75, 3.05) is 0 Å². The van der Waals surface area contributed by atoms with Gasteiger partial charge in [-0.2, -0.15) is 0 Å². The summed E-state index contributed by atoms with van der Waals surface area (Å²) in [6.07, 6.45) is 36.4. The van der Waals surface area contributed by atoms with Gasteiger partial charge in [-0.25, -0.2) is 0 Å². The molecule has 0 radical (unpaired) electrons. The van der Waals surface area contributed by atoms with Crippen molar-refractivity contribution in [2.24, 2.45) is 46.3 Å². The summed E-state index contributed by atoms with van der Waals surface area (Å²) in [4.78, 5) is 12.8. The Morgan fingerprint density at radius 2 is 1.69 bits per heavy atom. The van der Waals surface area contributed by atoms with Crippen LogP contribution in [0, 0.1) is 46.3 Å². The van der Waals surface area contributed by atoms with Crippen molar-refractivity contribution in [1.29, 1.82) is 0 Å². The molecule has 3 heteroatoms. The zero-order chi connectivity index (χ0) is 34.6. The molecule has 4 aliphatic carbocycles. The van der Waals surface area contributed by atoms with Crippen LogP contribution in [-0.4, -0.2) is 23.3 Å². The van der Waals surface area contributed by atoms with E-state index in [1.165, 1.54) is 77.0 Å². The molecule has 0 unspecified atom stereocenters. The molecule has 1 N–H and O–H groups in total. The Balaban J connectivity index is 1.13. The first kappa shape index (κ1) is 39.4. The summed E-state index contributed by atoms with van der Waals surface area (Å²) in [5.41, 5.74) is 2.46. The minimum Gasteiger partial charge on any atom is -0.462 e. The van der Waals surface area contributed by atoms with E-state index in [0.717, 1.165) is 93.3 Å². The average Bonchev–Trinajstić information content (AvgIpc) is 3.41. The number of hydrogen-bond donors (Lipinski definition) is 1. The van der Waals surface area contributed by atoms with Crippen molar-refractivity contribution >= 4 is 5.97 Å². The van der Waals surface area contributed by atoms with E-state index in [1.54, 1.807) is 5.57 Å². The van der Waals surface area contributed by atoms with Gasteiger partial charge >= 0.3 is 5.97 Å². The Hall–Kier alpha value is -1.35. The maximum absolute atomic E-state index is 12.8. The molecule has 4 aliphatic rings. The summed E-state index contributed by atoms with van der Waals surface area (Å²) >= 11 is 0. The second-order valence-corrected chi connectivity index (χ2v) is 17.8. The van der Waals surface area contributed by atoms with Crippen molar-refractivity contribution in [1.82, 2.24) is 0 Å². The van der Waals surface area contributed by atoms with Gasteiger partial charge in [-0.1, -0.05) is 135 Å². The number of fused-ring (bicyclic) bond motifs is 5. The molecule has 0 saturated heterocycles. The van der Waals surface area contributed by atoms with E-state index in [1.807, 2.05) is 12.2 Å². The van der Waals surface area contributed by atoms with Crippen LogP contribution in [0.3, 0.4) is 0 Å². The van der Waals surface area contributed by atoms with E-state index in [0.29, 0.717) is 17.3 Å². The highest BCUT2D eigenvalue weighted by Crippen LogP contribution is 2.67. The molecule has 3 nitrogen and oxygen atoms in total. The molecule has 3 fully saturated rings. The number of aliphatic hydroxyl groups is 1. The third kappa shape index (κ3) is 10.6. The van der Waals surface area contributed by atoms with Gasteiger partial charge in [0.05, 0.1) is 6.10 Å². The maximum atomic E-state index is 12.8. The molecule has 0 spiro atoms. The summed E-state index contributed by atoms with van der Waals surface area (Å²) in [7, 11) is 0. The van der Waals surface area contributed by atoms with Crippen LogP contribution >= 0.6 is 0 Å². The van der Waals surface area contributed by atoms with Crippen LogP contribution in [0.4, 0.5) is 0 Å². The quantitative estimate of drug-likeness (QED) is 0.0610. The van der Waals surface area contributed by atoms with Gasteiger partial charge in [0.1, 0.15) is 6.10 Å². The minimum atomic E-state index is -0.353. The summed E-state index contributed by atoms with van der Waals surface area (Å²) < 4.78 is 6.10. The minimum absolute atomic E-state index is 0.00846. The zero-order valence-electron chi connectivity index (χ0n) is 32.3.